The molecule has 0 bridgehead atoms. The molecule has 0 amide bonds. The molecule has 2 aromatic rings. The Morgan fingerprint density at radius 2 is 2.27 bits per heavy atom. The number of nitrogens with one attached hydrogen (secondary N) is 1. The average Bonchev–Trinajstić information content (AvgIpc) is 2.68. The standard InChI is InChI=1S/C9H12N6/c1-15-6-7(4-13-15)9(14-10)8-5-11-2-3-12-8/h2-6,9,14H,10H2,1H3. The second-order valence-electron chi connectivity index (χ2n) is 3.18. The van der Waals surface area contributed by atoms with Crippen molar-refractivity contribution < 1.29 is 0 Å². The molecule has 0 spiro atoms. The summed E-state index contributed by atoms with van der Waals surface area (Å²) in [7, 11) is 1.85. The van der Waals surface area contributed by atoms with Gasteiger partial charge in [-0.15, -0.1) is 0 Å². The lowest BCUT2D eigenvalue weighted by Gasteiger charge is -2.12. The minimum absolute atomic E-state index is 0.174. The van der Waals surface area contributed by atoms with E-state index >= 15 is 0 Å². The molecule has 15 heavy (non-hydrogen) atoms. The van der Waals surface area contributed by atoms with Crippen molar-refractivity contribution in [2.75, 3.05) is 0 Å². The third kappa shape index (κ3) is 2.00. The Bertz CT molecular complexity index is 423. The Kier molecular flexibility index (Phi) is 2.70. The van der Waals surface area contributed by atoms with Crippen LogP contribution in [0, 0.1) is 0 Å². The number of hydrogen-bond donors (Lipinski definition) is 2. The summed E-state index contributed by atoms with van der Waals surface area (Å²) in [6.45, 7) is 0. The van der Waals surface area contributed by atoms with Gasteiger partial charge in [0.05, 0.1) is 24.1 Å². The molecule has 0 aliphatic carbocycles. The monoisotopic (exact) mass is 204 g/mol. The van der Waals surface area contributed by atoms with E-state index in [1.165, 1.54) is 0 Å². The summed E-state index contributed by atoms with van der Waals surface area (Å²) in [5.74, 6) is 5.49. The normalized spacial score (nSPS) is 12.7. The van der Waals surface area contributed by atoms with Crippen molar-refractivity contribution in [3.05, 3.63) is 42.2 Å². The molecule has 3 N–H and O–H groups in total. The molecule has 2 rings (SSSR count). The Hall–Kier alpha value is -1.79. The first-order valence-electron chi connectivity index (χ1n) is 4.52. The summed E-state index contributed by atoms with van der Waals surface area (Å²) in [6.07, 6.45) is 8.58. The summed E-state index contributed by atoms with van der Waals surface area (Å²) >= 11 is 0. The van der Waals surface area contributed by atoms with E-state index in [9.17, 15) is 0 Å². The Morgan fingerprint density at radius 3 is 2.80 bits per heavy atom. The van der Waals surface area contributed by atoms with Crippen LogP contribution in [0.25, 0.3) is 0 Å². The van der Waals surface area contributed by atoms with Gasteiger partial charge in [0.25, 0.3) is 0 Å². The van der Waals surface area contributed by atoms with Crippen molar-refractivity contribution in [3.8, 4) is 0 Å². The van der Waals surface area contributed by atoms with Gasteiger partial charge in [0, 0.05) is 31.2 Å². The molecular weight excluding hydrogens is 192 g/mol. The van der Waals surface area contributed by atoms with E-state index in [2.05, 4.69) is 20.5 Å². The van der Waals surface area contributed by atoms with Crippen LogP contribution in [-0.2, 0) is 7.05 Å². The average molecular weight is 204 g/mol. The first-order chi connectivity index (χ1) is 7.31. The number of hydrogen-bond acceptors (Lipinski definition) is 5. The van der Waals surface area contributed by atoms with Gasteiger partial charge in [-0.25, -0.2) is 5.43 Å². The molecule has 0 fully saturated rings. The molecule has 1 atom stereocenters. The third-order valence-electron chi connectivity index (χ3n) is 2.10. The molecule has 6 nitrogen and oxygen atoms in total. The van der Waals surface area contributed by atoms with E-state index in [4.69, 9.17) is 5.84 Å². The maximum atomic E-state index is 5.49. The fourth-order valence-corrected chi connectivity index (χ4v) is 1.40. The van der Waals surface area contributed by atoms with Crippen LogP contribution in [0.1, 0.15) is 17.3 Å². The fraction of sp³-hybridized carbons (Fsp3) is 0.222. The first kappa shape index (κ1) is 9.75. The summed E-state index contributed by atoms with van der Waals surface area (Å²) < 4.78 is 1.72. The summed E-state index contributed by atoms with van der Waals surface area (Å²) in [5, 5.41) is 4.08. The first-order valence-corrected chi connectivity index (χ1v) is 4.52. The van der Waals surface area contributed by atoms with Crippen LogP contribution in [0.5, 0.6) is 0 Å². The number of rotatable bonds is 3. The Balaban J connectivity index is 2.33. The van der Waals surface area contributed by atoms with E-state index < -0.39 is 0 Å². The van der Waals surface area contributed by atoms with Gasteiger partial charge in [-0.1, -0.05) is 0 Å². The van der Waals surface area contributed by atoms with Gasteiger partial charge in [0.1, 0.15) is 0 Å². The van der Waals surface area contributed by atoms with Crippen molar-refractivity contribution in [1.82, 2.24) is 25.2 Å². The number of hydrazine groups is 1. The van der Waals surface area contributed by atoms with Crippen LogP contribution in [0.2, 0.25) is 0 Å². The molecule has 0 aromatic carbocycles. The summed E-state index contributed by atoms with van der Waals surface area (Å²) in [4.78, 5) is 8.19. The highest BCUT2D eigenvalue weighted by Crippen LogP contribution is 2.17. The van der Waals surface area contributed by atoms with Gasteiger partial charge in [-0.3, -0.25) is 20.5 Å². The van der Waals surface area contributed by atoms with Crippen molar-refractivity contribution in [2.24, 2.45) is 12.9 Å². The number of aryl methyl sites for hydroxylation is 1. The van der Waals surface area contributed by atoms with Crippen molar-refractivity contribution >= 4 is 0 Å². The zero-order chi connectivity index (χ0) is 10.7. The Morgan fingerprint density at radius 1 is 1.40 bits per heavy atom. The molecule has 0 aliphatic heterocycles. The van der Waals surface area contributed by atoms with E-state index in [1.807, 2.05) is 13.2 Å². The maximum absolute atomic E-state index is 5.49. The molecule has 6 heteroatoms. The molecule has 0 saturated heterocycles. The molecule has 0 aliphatic rings. The van der Waals surface area contributed by atoms with Crippen LogP contribution in [0.4, 0.5) is 0 Å². The van der Waals surface area contributed by atoms with Crippen LogP contribution < -0.4 is 11.3 Å². The van der Waals surface area contributed by atoms with Gasteiger partial charge in [0.2, 0.25) is 0 Å². The predicted octanol–water partition coefficient (Wildman–Crippen LogP) is -0.237. The molecule has 2 aromatic heterocycles. The number of nitrogens with zero attached hydrogens (tertiary/aromatic N) is 4. The lowest BCUT2D eigenvalue weighted by molar-refractivity contribution is 0.617. The third-order valence-corrected chi connectivity index (χ3v) is 2.10. The van der Waals surface area contributed by atoms with E-state index in [-0.39, 0.29) is 6.04 Å². The second-order valence-corrected chi connectivity index (χ2v) is 3.18. The van der Waals surface area contributed by atoms with Crippen molar-refractivity contribution in [3.63, 3.8) is 0 Å². The van der Waals surface area contributed by atoms with Crippen LogP contribution >= 0.6 is 0 Å². The highest BCUT2D eigenvalue weighted by Gasteiger charge is 2.14. The van der Waals surface area contributed by atoms with Crippen LogP contribution in [-0.4, -0.2) is 19.7 Å². The minimum Gasteiger partial charge on any atom is -0.275 e. The van der Waals surface area contributed by atoms with E-state index in [1.54, 1.807) is 29.5 Å². The highest BCUT2D eigenvalue weighted by molar-refractivity contribution is 5.21. The molecule has 1 unspecified atom stereocenters. The highest BCUT2D eigenvalue weighted by atomic mass is 15.3. The molecule has 0 saturated carbocycles. The van der Waals surface area contributed by atoms with Crippen LogP contribution in [0.15, 0.2) is 31.0 Å². The fourth-order valence-electron chi connectivity index (χ4n) is 1.40. The zero-order valence-corrected chi connectivity index (χ0v) is 8.33. The molecule has 0 radical (unpaired) electrons. The number of aromatic nitrogens is 4. The van der Waals surface area contributed by atoms with Gasteiger partial charge >= 0.3 is 0 Å². The van der Waals surface area contributed by atoms with E-state index in [0.29, 0.717) is 0 Å². The van der Waals surface area contributed by atoms with Crippen molar-refractivity contribution in [2.45, 2.75) is 6.04 Å². The van der Waals surface area contributed by atoms with Gasteiger partial charge < -0.3 is 0 Å². The summed E-state index contributed by atoms with van der Waals surface area (Å²) in [5.41, 5.74) is 4.42. The SMILES string of the molecule is Cn1cc(C(NN)c2cnccn2)cn1. The summed E-state index contributed by atoms with van der Waals surface area (Å²) in [6, 6.07) is -0.174. The smallest absolute Gasteiger partial charge is 0.0927 e. The van der Waals surface area contributed by atoms with Gasteiger partial charge in [0.15, 0.2) is 0 Å². The quantitative estimate of drug-likeness (QED) is 0.533. The topological polar surface area (TPSA) is 81.7 Å². The van der Waals surface area contributed by atoms with Gasteiger partial charge in [-0.05, 0) is 0 Å². The largest absolute Gasteiger partial charge is 0.275 e. The van der Waals surface area contributed by atoms with E-state index in [0.717, 1.165) is 11.3 Å². The van der Waals surface area contributed by atoms with Gasteiger partial charge in [-0.2, -0.15) is 5.10 Å². The number of nitrogens with two attached hydrogens (primary N) is 1. The Labute approximate surface area is 87.1 Å². The molecule has 78 valence electrons. The van der Waals surface area contributed by atoms with Crippen LogP contribution in [0.3, 0.4) is 0 Å². The molecular formula is C9H12N6. The maximum Gasteiger partial charge on any atom is 0.0927 e. The second kappa shape index (κ2) is 4.16. The zero-order valence-electron chi connectivity index (χ0n) is 8.33. The molecule has 2 heterocycles. The predicted molar refractivity (Wildman–Crippen MR) is 54.4 cm³/mol. The lowest BCUT2D eigenvalue weighted by Crippen LogP contribution is -2.29. The van der Waals surface area contributed by atoms with Crippen molar-refractivity contribution in [1.29, 1.82) is 0 Å². The minimum atomic E-state index is -0.174. The lowest BCUT2D eigenvalue weighted by atomic mass is 10.1.